The molecule has 1 aromatic rings. The van der Waals surface area contributed by atoms with Crippen molar-refractivity contribution in [2.75, 3.05) is 0 Å². The maximum atomic E-state index is 9.45. The molecule has 0 radical (unpaired) electrons. The summed E-state index contributed by atoms with van der Waals surface area (Å²) >= 11 is 0. The van der Waals surface area contributed by atoms with E-state index in [9.17, 15) is 5.11 Å². The Balaban J connectivity index is 2.83. The fourth-order valence-corrected chi connectivity index (χ4v) is 1.61. The molecule has 13 heavy (non-hydrogen) atoms. The van der Waals surface area contributed by atoms with Crippen molar-refractivity contribution < 1.29 is 5.11 Å². The second kappa shape index (κ2) is 4.90. The minimum Gasteiger partial charge on any atom is -0.508 e. The SMILES string of the molecule is CCCc1cc(O)cc(CCC)c1. The Morgan fingerprint density at radius 3 is 1.77 bits per heavy atom. The van der Waals surface area contributed by atoms with Gasteiger partial charge < -0.3 is 5.11 Å². The fourth-order valence-electron chi connectivity index (χ4n) is 1.61. The van der Waals surface area contributed by atoms with Gasteiger partial charge in [0.2, 0.25) is 0 Å². The fraction of sp³-hybridized carbons (Fsp3) is 0.500. The lowest BCUT2D eigenvalue weighted by atomic mass is 10.0. The lowest BCUT2D eigenvalue weighted by molar-refractivity contribution is 0.473. The van der Waals surface area contributed by atoms with Gasteiger partial charge in [-0.05, 0) is 36.1 Å². The number of rotatable bonds is 4. The van der Waals surface area contributed by atoms with E-state index in [-0.39, 0.29) is 0 Å². The highest BCUT2D eigenvalue weighted by Gasteiger charge is 1.98. The molecule has 1 heteroatoms. The second-order valence-electron chi connectivity index (χ2n) is 3.51. The summed E-state index contributed by atoms with van der Waals surface area (Å²) in [6, 6.07) is 5.93. The zero-order chi connectivity index (χ0) is 9.68. The van der Waals surface area contributed by atoms with Gasteiger partial charge in [-0.1, -0.05) is 32.8 Å². The topological polar surface area (TPSA) is 20.2 Å². The van der Waals surface area contributed by atoms with Gasteiger partial charge in [0.1, 0.15) is 5.75 Å². The van der Waals surface area contributed by atoms with E-state index in [1.54, 1.807) is 0 Å². The summed E-state index contributed by atoms with van der Waals surface area (Å²) in [5.41, 5.74) is 2.51. The van der Waals surface area contributed by atoms with E-state index in [0.29, 0.717) is 5.75 Å². The lowest BCUT2D eigenvalue weighted by Crippen LogP contribution is -1.88. The number of benzene rings is 1. The first-order valence-electron chi connectivity index (χ1n) is 5.08. The molecule has 0 amide bonds. The van der Waals surface area contributed by atoms with Crippen molar-refractivity contribution in [3.8, 4) is 5.75 Å². The molecule has 1 nitrogen and oxygen atoms in total. The Hall–Kier alpha value is -0.980. The highest BCUT2D eigenvalue weighted by molar-refractivity contribution is 5.33. The predicted octanol–water partition coefficient (Wildman–Crippen LogP) is 3.30. The molecule has 1 N–H and O–H groups in total. The largest absolute Gasteiger partial charge is 0.508 e. The van der Waals surface area contributed by atoms with E-state index >= 15 is 0 Å². The molecular formula is C12H18O. The van der Waals surface area contributed by atoms with Crippen LogP contribution in [-0.2, 0) is 12.8 Å². The van der Waals surface area contributed by atoms with Crippen molar-refractivity contribution >= 4 is 0 Å². The highest BCUT2D eigenvalue weighted by atomic mass is 16.3. The van der Waals surface area contributed by atoms with Gasteiger partial charge in [0, 0.05) is 0 Å². The van der Waals surface area contributed by atoms with E-state index in [0.717, 1.165) is 25.7 Å². The van der Waals surface area contributed by atoms with Crippen molar-refractivity contribution in [1.82, 2.24) is 0 Å². The van der Waals surface area contributed by atoms with Crippen molar-refractivity contribution in [1.29, 1.82) is 0 Å². The average molecular weight is 178 g/mol. The van der Waals surface area contributed by atoms with E-state index < -0.39 is 0 Å². The van der Waals surface area contributed by atoms with Crippen molar-refractivity contribution in [2.45, 2.75) is 39.5 Å². The molecule has 0 aliphatic carbocycles. The van der Waals surface area contributed by atoms with Gasteiger partial charge in [0.25, 0.3) is 0 Å². The first-order chi connectivity index (χ1) is 6.26. The van der Waals surface area contributed by atoms with Gasteiger partial charge in [0.15, 0.2) is 0 Å². The number of hydrogen-bond acceptors (Lipinski definition) is 1. The Morgan fingerprint density at radius 1 is 0.923 bits per heavy atom. The minimum absolute atomic E-state index is 0.411. The van der Waals surface area contributed by atoms with E-state index in [1.165, 1.54) is 11.1 Å². The number of hydrogen-bond donors (Lipinski definition) is 1. The summed E-state index contributed by atoms with van der Waals surface area (Å²) < 4.78 is 0. The molecule has 0 fully saturated rings. The van der Waals surface area contributed by atoms with Crippen LogP contribution in [0.4, 0.5) is 0 Å². The number of phenolic OH excluding ortho intramolecular Hbond substituents is 1. The first-order valence-corrected chi connectivity index (χ1v) is 5.08. The summed E-state index contributed by atoms with van der Waals surface area (Å²) in [5, 5.41) is 9.45. The number of aryl methyl sites for hydroxylation is 2. The Kier molecular flexibility index (Phi) is 3.81. The lowest BCUT2D eigenvalue weighted by Gasteiger charge is -2.04. The normalized spacial score (nSPS) is 10.3. The van der Waals surface area contributed by atoms with Crippen molar-refractivity contribution in [3.05, 3.63) is 29.3 Å². The van der Waals surface area contributed by atoms with Crippen LogP contribution in [0.5, 0.6) is 5.75 Å². The third kappa shape index (κ3) is 3.10. The molecule has 0 heterocycles. The molecule has 0 unspecified atom stereocenters. The Bertz CT molecular complexity index is 242. The van der Waals surface area contributed by atoms with Gasteiger partial charge >= 0.3 is 0 Å². The van der Waals surface area contributed by atoms with Crippen LogP contribution in [0, 0.1) is 0 Å². The van der Waals surface area contributed by atoms with Crippen LogP contribution in [0.15, 0.2) is 18.2 Å². The Labute approximate surface area is 80.4 Å². The van der Waals surface area contributed by atoms with Crippen molar-refractivity contribution in [3.63, 3.8) is 0 Å². The third-order valence-corrected chi connectivity index (χ3v) is 2.11. The molecule has 0 saturated carbocycles. The molecule has 0 aliphatic rings. The number of aromatic hydroxyl groups is 1. The summed E-state index contributed by atoms with van der Waals surface area (Å²) in [7, 11) is 0. The van der Waals surface area contributed by atoms with Crippen LogP contribution in [0.1, 0.15) is 37.8 Å². The molecule has 1 rings (SSSR count). The number of phenols is 1. The van der Waals surface area contributed by atoms with Crippen LogP contribution in [-0.4, -0.2) is 5.11 Å². The molecule has 72 valence electrons. The van der Waals surface area contributed by atoms with Gasteiger partial charge in [-0.15, -0.1) is 0 Å². The average Bonchev–Trinajstić information content (AvgIpc) is 2.04. The van der Waals surface area contributed by atoms with Gasteiger partial charge in [-0.3, -0.25) is 0 Å². The zero-order valence-electron chi connectivity index (χ0n) is 8.51. The highest BCUT2D eigenvalue weighted by Crippen LogP contribution is 2.18. The molecule has 0 bridgehead atoms. The summed E-state index contributed by atoms with van der Waals surface area (Å²) in [4.78, 5) is 0. The maximum absolute atomic E-state index is 9.45. The zero-order valence-corrected chi connectivity index (χ0v) is 8.51. The van der Waals surface area contributed by atoms with Gasteiger partial charge in [0.05, 0.1) is 0 Å². The first kappa shape index (κ1) is 10.1. The van der Waals surface area contributed by atoms with Gasteiger partial charge in [-0.2, -0.15) is 0 Å². The Morgan fingerprint density at radius 2 is 1.38 bits per heavy atom. The van der Waals surface area contributed by atoms with E-state index in [4.69, 9.17) is 0 Å². The molecular weight excluding hydrogens is 160 g/mol. The van der Waals surface area contributed by atoms with Crippen LogP contribution in [0.2, 0.25) is 0 Å². The molecule has 0 atom stereocenters. The van der Waals surface area contributed by atoms with E-state index in [1.807, 2.05) is 12.1 Å². The smallest absolute Gasteiger partial charge is 0.116 e. The predicted molar refractivity (Wildman–Crippen MR) is 56.1 cm³/mol. The maximum Gasteiger partial charge on any atom is 0.116 e. The molecule has 0 saturated heterocycles. The van der Waals surface area contributed by atoms with Crippen LogP contribution >= 0.6 is 0 Å². The summed E-state index contributed by atoms with van der Waals surface area (Å²) in [6.07, 6.45) is 4.39. The van der Waals surface area contributed by atoms with Gasteiger partial charge in [-0.25, -0.2) is 0 Å². The second-order valence-corrected chi connectivity index (χ2v) is 3.51. The van der Waals surface area contributed by atoms with E-state index in [2.05, 4.69) is 19.9 Å². The molecule has 0 aromatic heterocycles. The van der Waals surface area contributed by atoms with Crippen LogP contribution < -0.4 is 0 Å². The monoisotopic (exact) mass is 178 g/mol. The summed E-state index contributed by atoms with van der Waals surface area (Å²) in [5.74, 6) is 0.411. The molecule has 1 aromatic carbocycles. The van der Waals surface area contributed by atoms with Crippen LogP contribution in [0.25, 0.3) is 0 Å². The minimum atomic E-state index is 0.411. The quantitative estimate of drug-likeness (QED) is 0.750. The summed E-state index contributed by atoms with van der Waals surface area (Å²) in [6.45, 7) is 4.31. The molecule has 0 spiro atoms. The third-order valence-electron chi connectivity index (χ3n) is 2.11. The molecule has 0 aliphatic heterocycles. The van der Waals surface area contributed by atoms with Crippen molar-refractivity contribution in [2.24, 2.45) is 0 Å². The van der Waals surface area contributed by atoms with Crippen LogP contribution in [0.3, 0.4) is 0 Å². The standard InChI is InChI=1S/C12H18O/c1-3-5-10-7-11(6-4-2)9-12(13)8-10/h7-9,13H,3-6H2,1-2H3.